The molecule has 94 valence electrons. The highest BCUT2D eigenvalue weighted by Gasteiger charge is 2.10. The van der Waals surface area contributed by atoms with Gasteiger partial charge in [-0.1, -0.05) is 6.07 Å². The molecule has 1 amide bonds. The lowest BCUT2D eigenvalue weighted by molar-refractivity contribution is 0.0936. The molecule has 0 spiro atoms. The number of nitrogens with one attached hydrogen (secondary N) is 1. The van der Waals surface area contributed by atoms with Crippen LogP contribution in [0.25, 0.3) is 0 Å². The average molecular weight is 244 g/mol. The van der Waals surface area contributed by atoms with Crippen molar-refractivity contribution in [2.75, 3.05) is 5.73 Å². The highest BCUT2D eigenvalue weighted by molar-refractivity contribution is 5.95. The summed E-state index contributed by atoms with van der Waals surface area (Å²) in [4.78, 5) is 11.9. The van der Waals surface area contributed by atoms with Gasteiger partial charge in [-0.25, -0.2) is 0 Å². The largest absolute Gasteiger partial charge is 0.399 e. The van der Waals surface area contributed by atoms with E-state index < -0.39 is 0 Å². The van der Waals surface area contributed by atoms with Gasteiger partial charge in [0.15, 0.2) is 0 Å². The minimum atomic E-state index is -0.123. The van der Waals surface area contributed by atoms with Crippen LogP contribution >= 0.6 is 0 Å². The molecule has 0 aliphatic carbocycles. The van der Waals surface area contributed by atoms with Crippen molar-refractivity contribution < 1.29 is 4.79 Å². The summed E-state index contributed by atoms with van der Waals surface area (Å²) in [6.45, 7) is 2.58. The summed E-state index contributed by atoms with van der Waals surface area (Å²) < 4.78 is 1.78. The fourth-order valence-electron chi connectivity index (χ4n) is 1.72. The lowest BCUT2D eigenvalue weighted by Crippen LogP contribution is -2.35. The lowest BCUT2D eigenvalue weighted by Gasteiger charge is -2.14. The number of anilines is 1. The SMILES string of the molecule is CC(Cn1cccn1)NC(=O)c1cccc(N)c1. The monoisotopic (exact) mass is 244 g/mol. The van der Waals surface area contributed by atoms with Crippen LogP contribution in [0, 0.1) is 0 Å². The maximum Gasteiger partial charge on any atom is 0.251 e. The molecule has 5 nitrogen and oxygen atoms in total. The number of amides is 1. The molecule has 2 aromatic rings. The van der Waals surface area contributed by atoms with E-state index in [4.69, 9.17) is 5.73 Å². The van der Waals surface area contributed by atoms with Gasteiger partial charge in [-0.15, -0.1) is 0 Å². The Morgan fingerprint density at radius 2 is 2.33 bits per heavy atom. The summed E-state index contributed by atoms with van der Waals surface area (Å²) in [5.74, 6) is -0.123. The Kier molecular flexibility index (Phi) is 3.62. The fourth-order valence-corrected chi connectivity index (χ4v) is 1.72. The van der Waals surface area contributed by atoms with Gasteiger partial charge in [0.25, 0.3) is 5.91 Å². The van der Waals surface area contributed by atoms with Gasteiger partial charge in [0.05, 0.1) is 6.54 Å². The van der Waals surface area contributed by atoms with Gasteiger partial charge in [0, 0.05) is 29.7 Å². The zero-order valence-corrected chi connectivity index (χ0v) is 10.2. The topological polar surface area (TPSA) is 72.9 Å². The molecule has 0 fully saturated rings. The zero-order chi connectivity index (χ0) is 13.0. The summed E-state index contributed by atoms with van der Waals surface area (Å²) in [7, 11) is 0. The number of benzene rings is 1. The molecule has 18 heavy (non-hydrogen) atoms. The second kappa shape index (κ2) is 5.35. The zero-order valence-electron chi connectivity index (χ0n) is 10.2. The molecule has 0 saturated carbocycles. The second-order valence-electron chi connectivity index (χ2n) is 4.23. The Morgan fingerprint density at radius 1 is 1.50 bits per heavy atom. The highest BCUT2D eigenvalue weighted by Crippen LogP contribution is 2.06. The maximum absolute atomic E-state index is 11.9. The number of carbonyl (C=O) groups is 1. The first-order chi connectivity index (χ1) is 8.65. The number of hydrogen-bond donors (Lipinski definition) is 2. The predicted molar refractivity (Wildman–Crippen MR) is 70.0 cm³/mol. The number of carbonyl (C=O) groups excluding carboxylic acids is 1. The van der Waals surface area contributed by atoms with E-state index in [1.54, 1.807) is 35.1 Å². The van der Waals surface area contributed by atoms with Crippen LogP contribution in [0.3, 0.4) is 0 Å². The number of nitrogens with two attached hydrogens (primary N) is 1. The third kappa shape index (κ3) is 3.10. The van der Waals surface area contributed by atoms with E-state index in [9.17, 15) is 4.79 Å². The standard InChI is InChI=1S/C13H16N4O/c1-10(9-17-7-3-6-15-17)16-13(18)11-4-2-5-12(14)8-11/h2-8,10H,9,14H2,1H3,(H,16,18). The van der Waals surface area contributed by atoms with Crippen LogP contribution in [0.15, 0.2) is 42.7 Å². The first-order valence-corrected chi connectivity index (χ1v) is 5.79. The molecule has 2 rings (SSSR count). The van der Waals surface area contributed by atoms with E-state index in [2.05, 4.69) is 10.4 Å². The van der Waals surface area contributed by atoms with Crippen LogP contribution in [-0.4, -0.2) is 21.7 Å². The molecule has 0 aliphatic heterocycles. The summed E-state index contributed by atoms with van der Waals surface area (Å²) in [5.41, 5.74) is 6.80. The Labute approximate surface area is 106 Å². The van der Waals surface area contributed by atoms with Crippen LogP contribution < -0.4 is 11.1 Å². The van der Waals surface area contributed by atoms with Crippen LogP contribution in [0.1, 0.15) is 17.3 Å². The van der Waals surface area contributed by atoms with Gasteiger partial charge in [-0.2, -0.15) is 5.10 Å². The third-order valence-electron chi connectivity index (χ3n) is 2.55. The van der Waals surface area contributed by atoms with E-state index in [1.165, 1.54) is 0 Å². The highest BCUT2D eigenvalue weighted by atomic mass is 16.1. The molecule has 3 N–H and O–H groups in total. The Balaban J connectivity index is 1.95. The van der Waals surface area contributed by atoms with Crippen molar-refractivity contribution in [3.8, 4) is 0 Å². The molecule has 1 heterocycles. The van der Waals surface area contributed by atoms with Crippen molar-refractivity contribution >= 4 is 11.6 Å². The molecule has 0 saturated heterocycles. The molecule has 0 aliphatic rings. The van der Waals surface area contributed by atoms with Crippen LogP contribution in [0.2, 0.25) is 0 Å². The molecule has 1 aromatic carbocycles. The smallest absolute Gasteiger partial charge is 0.251 e. The van der Waals surface area contributed by atoms with Gasteiger partial charge in [-0.3, -0.25) is 9.48 Å². The number of rotatable bonds is 4. The van der Waals surface area contributed by atoms with Crippen molar-refractivity contribution in [2.24, 2.45) is 0 Å². The molecule has 0 radical (unpaired) electrons. The summed E-state index contributed by atoms with van der Waals surface area (Å²) in [6.07, 6.45) is 3.58. The van der Waals surface area contributed by atoms with E-state index in [0.29, 0.717) is 17.8 Å². The van der Waals surface area contributed by atoms with Gasteiger partial charge in [0.2, 0.25) is 0 Å². The second-order valence-corrected chi connectivity index (χ2v) is 4.23. The quantitative estimate of drug-likeness (QED) is 0.796. The van der Waals surface area contributed by atoms with Crippen molar-refractivity contribution in [2.45, 2.75) is 19.5 Å². The predicted octanol–water partition coefficient (Wildman–Crippen LogP) is 1.28. The lowest BCUT2D eigenvalue weighted by atomic mass is 10.2. The number of nitrogen functional groups attached to an aromatic ring is 1. The van der Waals surface area contributed by atoms with Gasteiger partial charge in [0.1, 0.15) is 0 Å². The molecule has 0 bridgehead atoms. The van der Waals surface area contributed by atoms with E-state index in [0.717, 1.165) is 0 Å². The first-order valence-electron chi connectivity index (χ1n) is 5.79. The van der Waals surface area contributed by atoms with E-state index in [1.807, 2.05) is 19.2 Å². The van der Waals surface area contributed by atoms with Crippen molar-refractivity contribution in [3.63, 3.8) is 0 Å². The summed E-state index contributed by atoms with van der Waals surface area (Å²) >= 11 is 0. The number of aromatic nitrogens is 2. The van der Waals surface area contributed by atoms with Crippen molar-refractivity contribution in [1.29, 1.82) is 0 Å². The van der Waals surface area contributed by atoms with Gasteiger partial charge in [-0.05, 0) is 31.2 Å². The van der Waals surface area contributed by atoms with Crippen molar-refractivity contribution in [3.05, 3.63) is 48.3 Å². The summed E-state index contributed by atoms with van der Waals surface area (Å²) in [5, 5.41) is 7.00. The van der Waals surface area contributed by atoms with Crippen LogP contribution in [0.5, 0.6) is 0 Å². The van der Waals surface area contributed by atoms with Crippen molar-refractivity contribution in [1.82, 2.24) is 15.1 Å². The first kappa shape index (κ1) is 12.2. The molecule has 1 atom stereocenters. The van der Waals surface area contributed by atoms with E-state index in [-0.39, 0.29) is 11.9 Å². The molecule has 1 aromatic heterocycles. The normalized spacial score (nSPS) is 12.1. The number of nitrogens with zero attached hydrogens (tertiary/aromatic N) is 2. The van der Waals surface area contributed by atoms with Crippen LogP contribution in [0.4, 0.5) is 5.69 Å². The Morgan fingerprint density at radius 3 is 3.00 bits per heavy atom. The third-order valence-corrected chi connectivity index (χ3v) is 2.55. The number of hydrogen-bond acceptors (Lipinski definition) is 3. The van der Waals surface area contributed by atoms with Gasteiger partial charge >= 0.3 is 0 Å². The maximum atomic E-state index is 11.9. The average Bonchev–Trinajstić information content (AvgIpc) is 2.81. The van der Waals surface area contributed by atoms with Crippen LogP contribution in [-0.2, 0) is 6.54 Å². The molecule has 1 unspecified atom stereocenters. The minimum absolute atomic E-state index is 0.00108. The minimum Gasteiger partial charge on any atom is -0.399 e. The molecular formula is C13H16N4O. The Bertz CT molecular complexity index is 522. The summed E-state index contributed by atoms with van der Waals surface area (Å²) in [6, 6.07) is 8.78. The Hall–Kier alpha value is -2.30. The van der Waals surface area contributed by atoms with Gasteiger partial charge < -0.3 is 11.1 Å². The fraction of sp³-hybridized carbons (Fsp3) is 0.231. The van der Waals surface area contributed by atoms with E-state index >= 15 is 0 Å². The molecule has 5 heteroatoms. The molecular weight excluding hydrogens is 228 g/mol.